The van der Waals surface area contributed by atoms with Crippen LogP contribution >= 0.6 is 0 Å². The lowest BCUT2D eigenvalue weighted by atomic mass is 9.92. The monoisotopic (exact) mass is 419 g/mol. The lowest BCUT2D eigenvalue weighted by molar-refractivity contribution is -0.138. The van der Waals surface area contributed by atoms with E-state index < -0.39 is 27.9 Å². The summed E-state index contributed by atoms with van der Waals surface area (Å²) in [6.07, 6.45) is 3.47. The van der Waals surface area contributed by atoms with Crippen molar-refractivity contribution in [1.29, 1.82) is 0 Å². The number of benzene rings is 2. The Kier molecular flexibility index (Phi) is 5.78. The molecule has 0 aromatic heterocycles. The molecule has 1 aliphatic rings. The average molecular weight is 419 g/mol. The number of hydroxylamine groups is 2. The number of ether oxygens (including phenoxy) is 2. The maximum absolute atomic E-state index is 12.6. The Morgan fingerprint density at radius 3 is 2.41 bits per heavy atom. The van der Waals surface area contributed by atoms with Crippen molar-refractivity contribution in [2.45, 2.75) is 0 Å². The molecule has 10 heteroatoms. The van der Waals surface area contributed by atoms with Gasteiger partial charge in [0.15, 0.2) is 0 Å². The molecule has 0 saturated heterocycles. The molecule has 152 valence electrons. The topological polar surface area (TPSA) is 116 Å². The van der Waals surface area contributed by atoms with E-state index in [1.165, 1.54) is 31.4 Å². The van der Waals surface area contributed by atoms with Gasteiger partial charge in [-0.25, -0.2) is 4.79 Å². The fourth-order valence-corrected chi connectivity index (χ4v) is 3.28. The first-order chi connectivity index (χ1) is 13.7. The number of carbonyl (C=O) groups excluding carboxylic acids is 3. The highest BCUT2D eigenvalue weighted by Crippen LogP contribution is 2.33. The number of imide groups is 1. The van der Waals surface area contributed by atoms with Gasteiger partial charge < -0.3 is 9.47 Å². The predicted octanol–water partition coefficient (Wildman–Crippen LogP) is 1.53. The SMILES string of the molecule is COCCOC(=O)/C=C/c1ccc2c3c(cccc13)C(=O)N(OS(C)(=O)=O)C2=O. The van der Waals surface area contributed by atoms with Crippen LogP contribution in [0.2, 0.25) is 0 Å². The van der Waals surface area contributed by atoms with Crippen molar-refractivity contribution < 1.29 is 36.6 Å². The minimum atomic E-state index is -4.08. The van der Waals surface area contributed by atoms with Gasteiger partial charge in [-0.2, -0.15) is 8.42 Å². The fourth-order valence-electron chi connectivity index (χ4n) is 2.88. The first-order valence-corrected chi connectivity index (χ1v) is 10.2. The van der Waals surface area contributed by atoms with Gasteiger partial charge in [0.2, 0.25) is 0 Å². The Morgan fingerprint density at radius 2 is 1.76 bits per heavy atom. The molecule has 1 aliphatic heterocycles. The summed E-state index contributed by atoms with van der Waals surface area (Å²) in [4.78, 5) is 37.0. The normalized spacial score (nSPS) is 14.1. The maximum Gasteiger partial charge on any atom is 0.330 e. The van der Waals surface area contributed by atoms with Crippen molar-refractivity contribution in [1.82, 2.24) is 5.06 Å². The summed E-state index contributed by atoms with van der Waals surface area (Å²) in [5, 5.41) is 1.13. The summed E-state index contributed by atoms with van der Waals surface area (Å²) in [5.74, 6) is -2.35. The molecule has 0 bridgehead atoms. The van der Waals surface area contributed by atoms with Gasteiger partial charge in [0, 0.05) is 18.6 Å². The Bertz CT molecular complexity index is 1110. The molecule has 2 aromatic carbocycles. The molecule has 0 fully saturated rings. The zero-order chi connectivity index (χ0) is 21.2. The minimum absolute atomic E-state index is 0.110. The van der Waals surface area contributed by atoms with E-state index in [1.807, 2.05) is 0 Å². The van der Waals surface area contributed by atoms with Crippen molar-refractivity contribution in [2.75, 3.05) is 26.6 Å². The molecule has 0 radical (unpaired) electrons. The molecule has 9 nitrogen and oxygen atoms in total. The van der Waals surface area contributed by atoms with Crippen LogP contribution in [0.1, 0.15) is 26.3 Å². The van der Waals surface area contributed by atoms with Gasteiger partial charge >= 0.3 is 5.97 Å². The highest BCUT2D eigenvalue weighted by molar-refractivity contribution is 7.85. The van der Waals surface area contributed by atoms with Crippen molar-refractivity contribution in [3.8, 4) is 0 Å². The molecule has 1 heterocycles. The first-order valence-electron chi connectivity index (χ1n) is 8.41. The summed E-state index contributed by atoms with van der Waals surface area (Å²) in [5.41, 5.74) is 0.796. The van der Waals surface area contributed by atoms with Crippen LogP contribution in [0.3, 0.4) is 0 Å². The van der Waals surface area contributed by atoms with Crippen molar-refractivity contribution in [3.63, 3.8) is 0 Å². The third-order valence-corrected chi connectivity index (χ3v) is 4.46. The molecule has 2 amide bonds. The lowest BCUT2D eigenvalue weighted by Gasteiger charge is -2.25. The average Bonchev–Trinajstić information content (AvgIpc) is 2.67. The van der Waals surface area contributed by atoms with E-state index in [2.05, 4.69) is 4.28 Å². The van der Waals surface area contributed by atoms with Gasteiger partial charge in [0.25, 0.3) is 21.9 Å². The van der Waals surface area contributed by atoms with Gasteiger partial charge in [-0.15, -0.1) is 9.35 Å². The van der Waals surface area contributed by atoms with E-state index in [4.69, 9.17) is 9.47 Å². The second-order valence-electron chi connectivity index (χ2n) is 6.11. The van der Waals surface area contributed by atoms with Gasteiger partial charge in [-0.1, -0.05) is 18.2 Å². The molecular formula is C19H17NO8S. The van der Waals surface area contributed by atoms with E-state index in [0.717, 1.165) is 6.26 Å². The number of nitrogens with zero attached hydrogens (tertiary/aromatic N) is 1. The first kappa shape index (κ1) is 20.6. The molecule has 29 heavy (non-hydrogen) atoms. The Balaban J connectivity index is 2.00. The third kappa shape index (κ3) is 4.34. The molecule has 0 N–H and O–H groups in total. The number of hydrogen-bond acceptors (Lipinski definition) is 8. The summed E-state index contributed by atoms with van der Waals surface area (Å²) < 4.78 is 37.1. The van der Waals surface area contributed by atoms with Crippen LogP contribution in [0.15, 0.2) is 36.4 Å². The molecule has 0 atom stereocenters. The number of amides is 2. The largest absolute Gasteiger partial charge is 0.460 e. The predicted molar refractivity (Wildman–Crippen MR) is 102 cm³/mol. The number of hydrogen-bond donors (Lipinski definition) is 0. The van der Waals surface area contributed by atoms with E-state index in [9.17, 15) is 22.8 Å². The van der Waals surface area contributed by atoms with Crippen LogP contribution in [0.5, 0.6) is 0 Å². The van der Waals surface area contributed by atoms with E-state index in [-0.39, 0.29) is 29.4 Å². The van der Waals surface area contributed by atoms with Gasteiger partial charge in [0.1, 0.15) is 6.61 Å². The van der Waals surface area contributed by atoms with Crippen LogP contribution in [-0.4, -0.2) is 57.8 Å². The molecular weight excluding hydrogens is 402 g/mol. The Morgan fingerprint density at radius 1 is 1.07 bits per heavy atom. The second kappa shape index (κ2) is 8.11. The van der Waals surface area contributed by atoms with E-state index >= 15 is 0 Å². The Hall–Kier alpha value is -3.08. The van der Waals surface area contributed by atoms with Gasteiger partial charge in [0.05, 0.1) is 24.0 Å². The molecule has 0 spiro atoms. The highest BCUT2D eigenvalue weighted by atomic mass is 32.2. The van der Waals surface area contributed by atoms with Crippen LogP contribution in [0, 0.1) is 0 Å². The summed E-state index contributed by atoms with van der Waals surface area (Å²) in [7, 11) is -2.59. The van der Waals surface area contributed by atoms with Crippen LogP contribution < -0.4 is 0 Å². The number of methoxy groups -OCH3 is 1. The van der Waals surface area contributed by atoms with Crippen molar-refractivity contribution in [2.24, 2.45) is 0 Å². The Labute approximate surface area is 166 Å². The molecule has 0 saturated carbocycles. The summed E-state index contributed by atoms with van der Waals surface area (Å²) in [6, 6.07) is 7.75. The fraction of sp³-hybridized carbons (Fsp3) is 0.211. The maximum atomic E-state index is 12.6. The number of esters is 1. The van der Waals surface area contributed by atoms with Crippen molar-refractivity contribution >= 4 is 44.8 Å². The number of rotatable bonds is 7. The molecule has 0 aliphatic carbocycles. The molecule has 0 unspecified atom stereocenters. The smallest absolute Gasteiger partial charge is 0.330 e. The quantitative estimate of drug-likeness (QED) is 0.287. The second-order valence-corrected chi connectivity index (χ2v) is 7.66. The van der Waals surface area contributed by atoms with E-state index in [1.54, 1.807) is 18.2 Å². The summed E-state index contributed by atoms with van der Waals surface area (Å²) in [6.45, 7) is 0.388. The molecule has 2 aromatic rings. The standard InChI is InChI=1S/C19H17NO8S/c1-26-10-11-27-16(21)9-7-12-6-8-15-17-13(12)4-3-5-14(17)18(22)20(19(15)23)28-29(2,24)25/h3-9H,10-11H2,1-2H3/b9-7+. The molecule has 3 rings (SSSR count). The van der Waals surface area contributed by atoms with Crippen molar-refractivity contribution in [3.05, 3.63) is 53.1 Å². The summed E-state index contributed by atoms with van der Waals surface area (Å²) >= 11 is 0. The number of carbonyl (C=O) groups is 3. The third-order valence-electron chi connectivity index (χ3n) is 4.04. The van der Waals surface area contributed by atoms with Gasteiger partial charge in [-0.05, 0) is 29.2 Å². The zero-order valence-electron chi connectivity index (χ0n) is 15.6. The zero-order valence-corrected chi connectivity index (χ0v) is 16.4. The lowest BCUT2D eigenvalue weighted by Crippen LogP contribution is -2.41. The minimum Gasteiger partial charge on any atom is -0.460 e. The highest BCUT2D eigenvalue weighted by Gasteiger charge is 2.36. The van der Waals surface area contributed by atoms with Crippen LogP contribution in [0.25, 0.3) is 16.8 Å². The van der Waals surface area contributed by atoms with Gasteiger partial charge in [-0.3, -0.25) is 9.59 Å². The van der Waals surface area contributed by atoms with E-state index in [0.29, 0.717) is 16.3 Å². The van der Waals surface area contributed by atoms with Crippen LogP contribution in [-0.2, 0) is 28.7 Å². The van der Waals surface area contributed by atoms with Crippen LogP contribution in [0.4, 0.5) is 0 Å².